The molecule has 2 aromatic heterocycles. The molecule has 2 N–H and O–H groups in total. The number of carbonyl (C=O) groups excluding carboxylic acids is 1. The van der Waals surface area contributed by atoms with Gasteiger partial charge in [-0.25, -0.2) is 0 Å². The molecule has 3 aromatic rings. The number of aromatic nitrogens is 4. The highest BCUT2D eigenvalue weighted by molar-refractivity contribution is 6.03. The number of hydrogen-bond donors (Lipinski definition) is 2. The number of benzene rings is 1. The molecule has 1 aromatic carbocycles. The molecule has 0 unspecified atom stereocenters. The summed E-state index contributed by atoms with van der Waals surface area (Å²) in [5.41, 5.74) is 0.374. The molecule has 7 heteroatoms. The molecule has 0 aliphatic heterocycles. The normalized spacial score (nSPS) is 10.7. The van der Waals surface area contributed by atoms with Crippen molar-refractivity contribution < 1.29 is 4.79 Å². The Balaban J connectivity index is 2.05. The van der Waals surface area contributed by atoms with Gasteiger partial charge in [-0.05, 0) is 19.1 Å². The van der Waals surface area contributed by atoms with E-state index in [0.29, 0.717) is 11.5 Å². The fourth-order valence-corrected chi connectivity index (χ4v) is 1.87. The minimum atomic E-state index is -0.419. The molecule has 1 amide bonds. The second kappa shape index (κ2) is 4.61. The van der Waals surface area contributed by atoms with Gasteiger partial charge in [0.15, 0.2) is 0 Å². The van der Waals surface area contributed by atoms with Crippen LogP contribution < -0.4 is 10.9 Å². The Kier molecular flexibility index (Phi) is 2.79. The third-order valence-corrected chi connectivity index (χ3v) is 2.71. The molecule has 0 saturated carbocycles. The molecule has 0 spiro atoms. The number of aryl methyl sites for hydroxylation is 1. The second-order valence-electron chi connectivity index (χ2n) is 4.23. The van der Waals surface area contributed by atoms with Crippen molar-refractivity contribution in [2.45, 2.75) is 6.92 Å². The van der Waals surface area contributed by atoms with Crippen molar-refractivity contribution in [1.82, 2.24) is 19.6 Å². The largest absolute Gasteiger partial charge is 0.321 e. The van der Waals surface area contributed by atoms with E-state index in [1.165, 1.54) is 10.6 Å². The lowest BCUT2D eigenvalue weighted by Gasteiger charge is -2.05. The Morgan fingerprint density at radius 3 is 2.80 bits per heavy atom. The monoisotopic (exact) mass is 269 g/mol. The fraction of sp³-hybridized carbons (Fsp3) is 0.0769. The first-order valence-corrected chi connectivity index (χ1v) is 5.96. The van der Waals surface area contributed by atoms with Crippen LogP contribution in [-0.2, 0) is 0 Å². The number of nitrogens with one attached hydrogen (secondary N) is 2. The standard InChI is InChI=1S/C13H11N5O2/c1-8-14-13-16-11(19)7-10(18(13)17-8)12(20)15-9-5-3-2-4-6-9/h2-7H,1H3,(H,15,20)(H,14,16,17,19). The predicted molar refractivity (Wildman–Crippen MR) is 72.7 cm³/mol. The number of H-pyrrole nitrogens is 1. The highest BCUT2D eigenvalue weighted by Crippen LogP contribution is 2.08. The number of anilines is 1. The van der Waals surface area contributed by atoms with Crippen molar-refractivity contribution in [2.75, 3.05) is 5.32 Å². The minimum Gasteiger partial charge on any atom is -0.321 e. The van der Waals surface area contributed by atoms with Crippen LogP contribution in [0, 0.1) is 6.92 Å². The number of aromatic amines is 1. The van der Waals surface area contributed by atoms with Crippen LogP contribution in [0.15, 0.2) is 41.2 Å². The number of amides is 1. The lowest BCUT2D eigenvalue weighted by Crippen LogP contribution is -2.21. The maximum absolute atomic E-state index is 12.2. The number of para-hydroxylation sites is 1. The van der Waals surface area contributed by atoms with Crippen LogP contribution in [0.25, 0.3) is 5.78 Å². The van der Waals surface area contributed by atoms with Gasteiger partial charge in [0.2, 0.25) is 5.78 Å². The molecular formula is C13H11N5O2. The van der Waals surface area contributed by atoms with E-state index < -0.39 is 11.5 Å². The highest BCUT2D eigenvalue weighted by Gasteiger charge is 2.14. The van der Waals surface area contributed by atoms with E-state index in [4.69, 9.17) is 0 Å². The van der Waals surface area contributed by atoms with Gasteiger partial charge in [-0.3, -0.25) is 14.6 Å². The first-order chi connectivity index (χ1) is 9.63. The molecule has 0 aliphatic rings. The molecule has 0 radical (unpaired) electrons. The lowest BCUT2D eigenvalue weighted by molar-refractivity contribution is 0.101. The molecule has 7 nitrogen and oxygen atoms in total. The average molecular weight is 269 g/mol. The van der Waals surface area contributed by atoms with Gasteiger partial charge in [0, 0.05) is 11.8 Å². The van der Waals surface area contributed by atoms with Crippen LogP contribution >= 0.6 is 0 Å². The van der Waals surface area contributed by atoms with Crippen molar-refractivity contribution in [3.8, 4) is 0 Å². The fourth-order valence-electron chi connectivity index (χ4n) is 1.87. The zero-order valence-corrected chi connectivity index (χ0v) is 10.6. The Morgan fingerprint density at radius 2 is 2.05 bits per heavy atom. The smallest absolute Gasteiger partial charge is 0.274 e. The van der Waals surface area contributed by atoms with Crippen LogP contribution in [0.2, 0.25) is 0 Å². The van der Waals surface area contributed by atoms with Gasteiger partial charge >= 0.3 is 0 Å². The lowest BCUT2D eigenvalue weighted by atomic mass is 10.3. The number of nitrogens with zero attached hydrogens (tertiary/aromatic N) is 3. The van der Waals surface area contributed by atoms with Gasteiger partial charge in [-0.15, -0.1) is 5.10 Å². The topological polar surface area (TPSA) is 92.1 Å². The number of fused-ring (bicyclic) bond motifs is 1. The molecule has 20 heavy (non-hydrogen) atoms. The second-order valence-corrected chi connectivity index (χ2v) is 4.23. The Hall–Kier alpha value is -2.96. The van der Waals surface area contributed by atoms with Crippen molar-refractivity contribution in [3.63, 3.8) is 0 Å². The number of rotatable bonds is 2. The van der Waals surface area contributed by atoms with E-state index in [1.54, 1.807) is 19.1 Å². The summed E-state index contributed by atoms with van der Waals surface area (Å²) >= 11 is 0. The third kappa shape index (κ3) is 2.16. The van der Waals surface area contributed by atoms with Crippen LogP contribution in [0.3, 0.4) is 0 Å². The maximum atomic E-state index is 12.2. The summed E-state index contributed by atoms with van der Waals surface area (Å²) in [5, 5.41) is 6.80. The Bertz CT molecular complexity index is 835. The summed E-state index contributed by atoms with van der Waals surface area (Å²) in [6, 6.07) is 10.2. The van der Waals surface area contributed by atoms with Crippen LogP contribution in [-0.4, -0.2) is 25.5 Å². The van der Waals surface area contributed by atoms with E-state index in [2.05, 4.69) is 20.4 Å². The first kappa shape index (κ1) is 12.1. The van der Waals surface area contributed by atoms with E-state index in [-0.39, 0.29) is 11.5 Å². The number of carbonyl (C=O) groups is 1. The molecular weight excluding hydrogens is 258 g/mol. The van der Waals surface area contributed by atoms with Crippen LogP contribution in [0.1, 0.15) is 16.3 Å². The van der Waals surface area contributed by atoms with Crippen LogP contribution in [0.4, 0.5) is 5.69 Å². The maximum Gasteiger partial charge on any atom is 0.274 e. The molecule has 0 aliphatic carbocycles. The van der Waals surface area contributed by atoms with Gasteiger partial charge < -0.3 is 5.32 Å². The summed E-state index contributed by atoms with van der Waals surface area (Å²) in [5.74, 6) is 0.297. The summed E-state index contributed by atoms with van der Waals surface area (Å²) in [4.78, 5) is 30.4. The van der Waals surface area contributed by atoms with E-state index in [9.17, 15) is 9.59 Å². The summed E-state index contributed by atoms with van der Waals surface area (Å²) < 4.78 is 1.31. The molecule has 2 heterocycles. The van der Waals surface area contributed by atoms with Crippen molar-refractivity contribution in [2.24, 2.45) is 0 Å². The third-order valence-electron chi connectivity index (χ3n) is 2.71. The first-order valence-electron chi connectivity index (χ1n) is 5.96. The van der Waals surface area contributed by atoms with Crippen molar-refractivity contribution >= 4 is 17.4 Å². The summed E-state index contributed by atoms with van der Waals surface area (Å²) in [6.45, 7) is 1.68. The highest BCUT2D eigenvalue weighted by atomic mass is 16.2. The van der Waals surface area contributed by atoms with E-state index in [1.807, 2.05) is 18.2 Å². The molecule has 0 fully saturated rings. The van der Waals surface area contributed by atoms with Gasteiger partial charge in [0.25, 0.3) is 11.5 Å². The van der Waals surface area contributed by atoms with Crippen molar-refractivity contribution in [1.29, 1.82) is 0 Å². The SMILES string of the molecule is Cc1nc2[nH]c(=O)cc(C(=O)Nc3ccccc3)n2n1. The molecule has 0 saturated heterocycles. The van der Waals surface area contributed by atoms with Gasteiger partial charge in [0.1, 0.15) is 11.5 Å². The van der Waals surface area contributed by atoms with Crippen LogP contribution in [0.5, 0.6) is 0 Å². The van der Waals surface area contributed by atoms with E-state index in [0.717, 1.165) is 0 Å². The zero-order chi connectivity index (χ0) is 14.1. The Morgan fingerprint density at radius 1 is 1.30 bits per heavy atom. The summed E-state index contributed by atoms with van der Waals surface area (Å²) in [7, 11) is 0. The molecule has 0 bridgehead atoms. The van der Waals surface area contributed by atoms with Gasteiger partial charge in [0.05, 0.1) is 0 Å². The molecule has 0 atom stereocenters. The zero-order valence-electron chi connectivity index (χ0n) is 10.6. The molecule has 100 valence electrons. The average Bonchev–Trinajstić information content (AvgIpc) is 2.78. The van der Waals surface area contributed by atoms with Gasteiger partial charge in [-0.1, -0.05) is 18.2 Å². The number of hydrogen-bond acceptors (Lipinski definition) is 4. The predicted octanol–water partition coefficient (Wildman–Crippen LogP) is 0.978. The quantitative estimate of drug-likeness (QED) is 0.725. The minimum absolute atomic E-state index is 0.133. The molecule has 3 rings (SSSR count). The van der Waals surface area contributed by atoms with E-state index >= 15 is 0 Å². The Labute approximate surface area is 113 Å². The van der Waals surface area contributed by atoms with Crippen molar-refractivity contribution in [3.05, 3.63) is 58.3 Å². The summed E-state index contributed by atoms with van der Waals surface area (Å²) in [6.07, 6.45) is 0. The van der Waals surface area contributed by atoms with Gasteiger partial charge in [-0.2, -0.15) is 9.50 Å².